The van der Waals surface area contributed by atoms with Crippen molar-refractivity contribution < 1.29 is 14.7 Å². The number of carboxylic acids is 1. The van der Waals surface area contributed by atoms with Crippen molar-refractivity contribution in [1.29, 1.82) is 5.26 Å². The molecular weight excluding hydrogens is 329 g/mol. The second-order valence-electron chi connectivity index (χ2n) is 5.49. The third kappa shape index (κ3) is 3.35. The number of carbonyl (C=O) groups excluding carboxylic acids is 1. The molecule has 1 heterocycles. The molecule has 0 fully saturated rings. The van der Waals surface area contributed by atoms with E-state index < -0.39 is 11.9 Å². The highest BCUT2D eigenvalue weighted by Crippen LogP contribution is 2.23. The molecule has 3 aromatic rings. The summed E-state index contributed by atoms with van der Waals surface area (Å²) < 4.78 is 1.40. The largest absolute Gasteiger partial charge is 0.476 e. The Hall–Kier alpha value is -3.79. The Morgan fingerprint density at radius 1 is 1.12 bits per heavy atom. The van der Waals surface area contributed by atoms with Gasteiger partial charge in [0.25, 0.3) is 5.91 Å². The summed E-state index contributed by atoms with van der Waals surface area (Å²) in [6.07, 6.45) is 1.53. The minimum absolute atomic E-state index is 0.108. The van der Waals surface area contributed by atoms with E-state index in [9.17, 15) is 14.7 Å². The van der Waals surface area contributed by atoms with E-state index in [0.717, 1.165) is 0 Å². The Morgan fingerprint density at radius 2 is 1.85 bits per heavy atom. The van der Waals surface area contributed by atoms with Gasteiger partial charge >= 0.3 is 5.97 Å². The van der Waals surface area contributed by atoms with Gasteiger partial charge in [-0.3, -0.25) is 4.79 Å². The van der Waals surface area contributed by atoms with Crippen molar-refractivity contribution in [2.45, 2.75) is 0 Å². The molecule has 0 saturated carbocycles. The zero-order chi connectivity index (χ0) is 18.7. The molecule has 6 nitrogen and oxygen atoms in total. The highest BCUT2D eigenvalue weighted by molar-refractivity contribution is 6.32. The highest BCUT2D eigenvalue weighted by Gasteiger charge is 2.19. The molecule has 26 heavy (non-hydrogen) atoms. The minimum Gasteiger partial charge on any atom is -0.476 e. The molecule has 0 spiro atoms. The van der Waals surface area contributed by atoms with Crippen LogP contribution in [0.2, 0.25) is 0 Å². The summed E-state index contributed by atoms with van der Waals surface area (Å²) in [7, 11) is 5.60. The molecule has 0 unspecified atom stereocenters. The summed E-state index contributed by atoms with van der Waals surface area (Å²) in [5.74, 6) is -1.65. The van der Waals surface area contributed by atoms with Crippen LogP contribution in [0.4, 0.5) is 5.69 Å². The molecule has 2 aromatic carbocycles. The second kappa shape index (κ2) is 6.99. The molecule has 1 amide bonds. The van der Waals surface area contributed by atoms with Crippen LogP contribution in [0.5, 0.6) is 0 Å². The molecule has 0 aliphatic carbocycles. The lowest BCUT2D eigenvalue weighted by Gasteiger charge is -2.09. The fourth-order valence-corrected chi connectivity index (χ4v) is 2.52. The van der Waals surface area contributed by atoms with Crippen LogP contribution in [0.25, 0.3) is 5.69 Å². The van der Waals surface area contributed by atoms with Gasteiger partial charge in [-0.05, 0) is 24.3 Å². The Bertz CT molecular complexity index is 1030. The van der Waals surface area contributed by atoms with Crippen LogP contribution in [-0.2, 0) is 0 Å². The van der Waals surface area contributed by atoms with Crippen LogP contribution in [0.15, 0.2) is 60.8 Å². The number of carboxylic acid groups (broad SMARTS) is 1. The summed E-state index contributed by atoms with van der Waals surface area (Å²) in [5.41, 5.74) is 1.84. The molecule has 124 valence electrons. The van der Waals surface area contributed by atoms with Crippen molar-refractivity contribution in [1.82, 2.24) is 4.57 Å². The minimum atomic E-state index is -1.20. The number of nitrogens with zero attached hydrogens (tertiary/aromatic N) is 2. The second-order valence-corrected chi connectivity index (χ2v) is 5.49. The first kappa shape index (κ1) is 17.1. The number of amides is 1. The van der Waals surface area contributed by atoms with Gasteiger partial charge in [-0.2, -0.15) is 5.26 Å². The van der Waals surface area contributed by atoms with Gasteiger partial charge in [0.15, 0.2) is 5.69 Å². The SMILES string of the molecule is [B]c1ccc(C(=O)Nc2ccn(-c3cccc(C#N)c3)c2C(=O)O)cc1. The van der Waals surface area contributed by atoms with Crippen molar-refractivity contribution in [3.8, 4) is 11.8 Å². The number of benzene rings is 2. The summed E-state index contributed by atoms with van der Waals surface area (Å²) in [5, 5.41) is 21.2. The number of hydrogen-bond donors (Lipinski definition) is 2. The van der Waals surface area contributed by atoms with E-state index in [0.29, 0.717) is 22.3 Å². The van der Waals surface area contributed by atoms with E-state index in [2.05, 4.69) is 5.32 Å². The van der Waals surface area contributed by atoms with Crippen molar-refractivity contribution >= 4 is 30.9 Å². The van der Waals surface area contributed by atoms with Crippen LogP contribution in [-0.4, -0.2) is 29.4 Å². The number of nitriles is 1. The van der Waals surface area contributed by atoms with Crippen molar-refractivity contribution in [3.05, 3.63) is 77.6 Å². The third-order valence-corrected chi connectivity index (χ3v) is 3.76. The van der Waals surface area contributed by atoms with Crippen molar-refractivity contribution in [3.63, 3.8) is 0 Å². The Morgan fingerprint density at radius 3 is 2.50 bits per heavy atom. The quantitative estimate of drug-likeness (QED) is 0.711. The summed E-state index contributed by atoms with van der Waals surface area (Å²) in [4.78, 5) is 24.1. The predicted molar refractivity (Wildman–Crippen MR) is 97.2 cm³/mol. The maximum absolute atomic E-state index is 12.3. The molecule has 2 radical (unpaired) electrons. The molecule has 0 aliphatic heterocycles. The van der Waals surface area contributed by atoms with Crippen molar-refractivity contribution in [2.75, 3.05) is 5.32 Å². The van der Waals surface area contributed by atoms with Gasteiger partial charge in [0.05, 0.1) is 17.3 Å². The zero-order valence-corrected chi connectivity index (χ0v) is 13.5. The average molecular weight is 341 g/mol. The number of rotatable bonds is 4. The lowest BCUT2D eigenvalue weighted by molar-refractivity contribution is 0.0689. The van der Waals surface area contributed by atoms with Crippen LogP contribution in [0.3, 0.4) is 0 Å². The van der Waals surface area contributed by atoms with Gasteiger partial charge < -0.3 is 15.0 Å². The number of aromatic carboxylic acids is 1. The molecular formula is C19H12BN3O3. The first-order valence-corrected chi connectivity index (χ1v) is 7.61. The van der Waals surface area contributed by atoms with E-state index in [-0.39, 0.29) is 11.4 Å². The number of nitrogens with one attached hydrogen (secondary N) is 1. The topological polar surface area (TPSA) is 95.1 Å². The van der Waals surface area contributed by atoms with Gasteiger partial charge in [-0.15, -0.1) is 0 Å². The van der Waals surface area contributed by atoms with Crippen molar-refractivity contribution in [2.24, 2.45) is 0 Å². The van der Waals surface area contributed by atoms with Crippen LogP contribution in [0, 0.1) is 11.3 Å². The number of anilines is 1. The van der Waals surface area contributed by atoms with Crippen LogP contribution < -0.4 is 10.8 Å². The lowest BCUT2D eigenvalue weighted by Crippen LogP contribution is -2.16. The fourth-order valence-electron chi connectivity index (χ4n) is 2.52. The van der Waals surface area contributed by atoms with Gasteiger partial charge in [0.1, 0.15) is 7.85 Å². The van der Waals surface area contributed by atoms with Gasteiger partial charge in [0.2, 0.25) is 0 Å². The summed E-state index contributed by atoms with van der Waals surface area (Å²) in [6.45, 7) is 0. The zero-order valence-electron chi connectivity index (χ0n) is 13.5. The standard InChI is InChI=1S/C19H12BN3O3/c20-14-6-4-13(5-7-14)18(24)22-16-8-9-23(17(16)19(25)26)15-3-1-2-12(10-15)11-21/h1-10H,(H,22,24)(H,25,26). The Kier molecular flexibility index (Phi) is 4.58. The lowest BCUT2D eigenvalue weighted by atomic mass is 9.95. The summed E-state index contributed by atoms with van der Waals surface area (Å²) in [6, 6.07) is 16.3. The molecule has 0 saturated heterocycles. The van der Waals surface area contributed by atoms with Gasteiger partial charge in [0, 0.05) is 17.4 Å². The molecule has 2 N–H and O–H groups in total. The third-order valence-electron chi connectivity index (χ3n) is 3.76. The number of aromatic nitrogens is 1. The monoisotopic (exact) mass is 341 g/mol. The Balaban J connectivity index is 1.97. The van der Waals surface area contributed by atoms with Crippen LogP contribution >= 0.6 is 0 Å². The van der Waals surface area contributed by atoms with E-state index in [1.54, 1.807) is 48.5 Å². The molecule has 0 atom stereocenters. The first-order chi connectivity index (χ1) is 12.5. The molecule has 1 aromatic heterocycles. The maximum Gasteiger partial charge on any atom is 0.355 e. The predicted octanol–water partition coefficient (Wildman–Crippen LogP) is 2.09. The van der Waals surface area contributed by atoms with Gasteiger partial charge in [-0.1, -0.05) is 35.8 Å². The van der Waals surface area contributed by atoms with Gasteiger partial charge in [-0.25, -0.2) is 4.79 Å². The van der Waals surface area contributed by atoms with Crippen LogP contribution in [0.1, 0.15) is 26.4 Å². The highest BCUT2D eigenvalue weighted by atomic mass is 16.4. The number of hydrogen-bond acceptors (Lipinski definition) is 3. The first-order valence-electron chi connectivity index (χ1n) is 7.61. The number of carbonyl (C=O) groups is 2. The normalized spacial score (nSPS) is 10.1. The molecule has 0 bridgehead atoms. The fraction of sp³-hybridized carbons (Fsp3) is 0. The molecule has 0 aliphatic rings. The van der Waals surface area contributed by atoms with E-state index in [4.69, 9.17) is 13.1 Å². The van der Waals surface area contributed by atoms with E-state index >= 15 is 0 Å². The average Bonchev–Trinajstić information content (AvgIpc) is 3.06. The Labute approximate surface area is 150 Å². The summed E-state index contributed by atoms with van der Waals surface area (Å²) >= 11 is 0. The molecule has 3 rings (SSSR count). The molecule has 7 heteroatoms. The smallest absolute Gasteiger partial charge is 0.355 e. The maximum atomic E-state index is 12.3. The van der Waals surface area contributed by atoms with E-state index in [1.807, 2.05) is 6.07 Å². The van der Waals surface area contributed by atoms with E-state index in [1.165, 1.54) is 16.8 Å².